The molecular weight excluding hydrogens is 338 g/mol. The van der Waals surface area contributed by atoms with Crippen LogP contribution in [-0.2, 0) is 6.61 Å². The average Bonchev–Trinajstić information content (AvgIpc) is 2.90. The summed E-state index contributed by atoms with van der Waals surface area (Å²) in [5.41, 5.74) is 6.98. The summed E-state index contributed by atoms with van der Waals surface area (Å²) in [6.07, 6.45) is 0.616. The number of aliphatic hydroxyl groups is 1. The van der Waals surface area contributed by atoms with Gasteiger partial charge in [-0.05, 0) is 34.5 Å². The van der Waals surface area contributed by atoms with Crippen LogP contribution < -0.4 is 10.5 Å². The number of halogens is 1. The molecule has 1 heterocycles. The van der Waals surface area contributed by atoms with E-state index >= 15 is 0 Å². The Balaban J connectivity index is 2.28. The Morgan fingerprint density at radius 1 is 1.40 bits per heavy atom. The molecule has 2 rings (SSSR count). The topological polar surface area (TPSA) is 55.5 Å². The predicted molar refractivity (Wildman–Crippen MR) is 86.0 cm³/mol. The molecule has 1 aromatic carbocycles. The third-order valence-corrected chi connectivity index (χ3v) is 4.88. The van der Waals surface area contributed by atoms with Crippen molar-refractivity contribution in [2.45, 2.75) is 32.1 Å². The van der Waals surface area contributed by atoms with E-state index in [0.29, 0.717) is 5.75 Å². The van der Waals surface area contributed by atoms with Gasteiger partial charge in [0.25, 0.3) is 0 Å². The summed E-state index contributed by atoms with van der Waals surface area (Å²) in [5, 5.41) is 11.4. The number of para-hydroxylation sites is 1. The lowest BCUT2D eigenvalue weighted by Crippen LogP contribution is -2.31. The minimum absolute atomic E-state index is 0.0433. The van der Waals surface area contributed by atoms with Crippen molar-refractivity contribution in [2.75, 3.05) is 0 Å². The molecule has 0 aliphatic carbocycles. The lowest BCUT2D eigenvalue weighted by molar-refractivity contribution is 0.168. The lowest BCUT2D eigenvalue weighted by atomic mass is 10.1. The summed E-state index contributed by atoms with van der Waals surface area (Å²) < 4.78 is 7.13. The molecule has 2 aromatic rings. The van der Waals surface area contributed by atoms with Gasteiger partial charge in [-0.3, -0.25) is 0 Å². The summed E-state index contributed by atoms with van der Waals surface area (Å²) >= 11 is 5.08. The summed E-state index contributed by atoms with van der Waals surface area (Å²) in [5.74, 6) is 0.688. The van der Waals surface area contributed by atoms with Gasteiger partial charge in [0.1, 0.15) is 11.9 Å². The Labute approximate surface area is 131 Å². The summed E-state index contributed by atoms with van der Waals surface area (Å²) in [7, 11) is 0. The van der Waals surface area contributed by atoms with Crippen LogP contribution in [-0.4, -0.2) is 11.1 Å². The highest BCUT2D eigenvalue weighted by atomic mass is 79.9. The van der Waals surface area contributed by atoms with E-state index in [4.69, 9.17) is 10.5 Å². The van der Waals surface area contributed by atoms with Gasteiger partial charge in [0, 0.05) is 26.3 Å². The van der Waals surface area contributed by atoms with Gasteiger partial charge in [-0.25, -0.2) is 0 Å². The second kappa shape index (κ2) is 7.22. The molecule has 0 fully saturated rings. The molecule has 0 aliphatic rings. The smallest absolute Gasteiger partial charge is 0.148 e. The third-order valence-electron chi connectivity index (χ3n) is 3.13. The highest BCUT2D eigenvalue weighted by Gasteiger charge is 2.23. The van der Waals surface area contributed by atoms with E-state index in [1.165, 1.54) is 0 Å². The van der Waals surface area contributed by atoms with Gasteiger partial charge in [0.15, 0.2) is 0 Å². The summed E-state index contributed by atoms with van der Waals surface area (Å²) in [4.78, 5) is 1.08. The van der Waals surface area contributed by atoms with Gasteiger partial charge in [-0.1, -0.05) is 25.1 Å². The quantitative estimate of drug-likeness (QED) is 0.826. The Kier molecular flexibility index (Phi) is 5.60. The van der Waals surface area contributed by atoms with Crippen molar-refractivity contribution in [3.8, 4) is 5.75 Å². The van der Waals surface area contributed by atoms with Crippen LogP contribution in [0.4, 0.5) is 0 Å². The molecule has 3 N–H and O–H groups in total. The molecule has 0 radical (unpaired) electrons. The van der Waals surface area contributed by atoms with E-state index in [9.17, 15) is 5.11 Å². The molecule has 0 saturated heterocycles. The van der Waals surface area contributed by atoms with Gasteiger partial charge in [0.2, 0.25) is 0 Å². The number of rotatable bonds is 6. The van der Waals surface area contributed by atoms with Gasteiger partial charge in [-0.15, -0.1) is 11.3 Å². The third kappa shape index (κ3) is 3.61. The van der Waals surface area contributed by atoms with Gasteiger partial charge in [-0.2, -0.15) is 0 Å². The number of benzene rings is 1. The van der Waals surface area contributed by atoms with Gasteiger partial charge in [0.05, 0.1) is 6.61 Å². The zero-order chi connectivity index (χ0) is 14.5. The maximum Gasteiger partial charge on any atom is 0.148 e. The number of hydrogen-bond donors (Lipinski definition) is 2. The number of aliphatic hydroxyl groups excluding tert-OH is 1. The first-order valence-electron chi connectivity index (χ1n) is 6.50. The fourth-order valence-electron chi connectivity index (χ4n) is 1.93. The van der Waals surface area contributed by atoms with Crippen molar-refractivity contribution >= 4 is 27.3 Å². The summed E-state index contributed by atoms with van der Waals surface area (Å²) in [6, 6.07) is 9.44. The second-order valence-electron chi connectivity index (χ2n) is 4.54. The molecule has 0 spiro atoms. The molecule has 0 aliphatic heterocycles. The van der Waals surface area contributed by atoms with E-state index in [1.807, 2.05) is 42.6 Å². The normalized spacial score (nSPS) is 14.0. The lowest BCUT2D eigenvalue weighted by Gasteiger charge is -2.24. The van der Waals surface area contributed by atoms with Crippen LogP contribution in [0.5, 0.6) is 5.75 Å². The van der Waals surface area contributed by atoms with E-state index in [2.05, 4.69) is 15.9 Å². The molecule has 2 atom stereocenters. The molecule has 108 valence electrons. The van der Waals surface area contributed by atoms with Crippen LogP contribution in [0.15, 0.2) is 40.2 Å². The first-order chi connectivity index (χ1) is 9.65. The number of nitrogens with two attached hydrogens (primary N) is 1. The van der Waals surface area contributed by atoms with Crippen LogP contribution in [0.3, 0.4) is 0 Å². The van der Waals surface area contributed by atoms with E-state index in [-0.39, 0.29) is 18.8 Å². The largest absolute Gasteiger partial charge is 0.483 e. The van der Waals surface area contributed by atoms with Crippen LogP contribution in [0.2, 0.25) is 0 Å². The molecule has 3 nitrogen and oxygen atoms in total. The monoisotopic (exact) mass is 355 g/mol. The fraction of sp³-hybridized carbons (Fsp3) is 0.333. The summed E-state index contributed by atoms with van der Waals surface area (Å²) in [6.45, 7) is 2.00. The highest BCUT2D eigenvalue weighted by molar-refractivity contribution is 9.10. The number of thiophene rings is 1. The zero-order valence-corrected chi connectivity index (χ0v) is 13.7. The minimum Gasteiger partial charge on any atom is -0.483 e. The molecule has 5 heteroatoms. The molecular formula is C15H18BrNO2S. The molecule has 20 heavy (non-hydrogen) atoms. The van der Waals surface area contributed by atoms with Crippen LogP contribution in [0, 0.1) is 0 Å². The fourth-order valence-corrected chi connectivity index (χ4v) is 3.48. The molecule has 0 saturated carbocycles. The van der Waals surface area contributed by atoms with Crippen molar-refractivity contribution in [2.24, 2.45) is 5.73 Å². The number of ether oxygens (including phenoxy) is 1. The van der Waals surface area contributed by atoms with Crippen LogP contribution >= 0.6 is 27.3 Å². The van der Waals surface area contributed by atoms with Crippen molar-refractivity contribution in [3.05, 3.63) is 50.6 Å². The van der Waals surface area contributed by atoms with Gasteiger partial charge < -0.3 is 15.6 Å². The Bertz CT molecular complexity index is 558. The number of hydrogen-bond acceptors (Lipinski definition) is 4. The standard InChI is InChI=1S/C15H18BrNO2S/c1-2-12(17)15(14-7-11(16)9-20-14)19-13-6-4-3-5-10(13)8-18/h3-7,9,12,15,18H,2,8,17H2,1H3. The van der Waals surface area contributed by atoms with E-state index in [0.717, 1.165) is 21.3 Å². The first kappa shape index (κ1) is 15.5. The molecule has 0 amide bonds. The Hall–Kier alpha value is -0.880. The average molecular weight is 356 g/mol. The highest BCUT2D eigenvalue weighted by Crippen LogP contribution is 2.33. The van der Waals surface area contributed by atoms with Crippen molar-refractivity contribution < 1.29 is 9.84 Å². The predicted octanol–water partition coefficient (Wildman–Crippen LogP) is 3.86. The Morgan fingerprint density at radius 3 is 2.75 bits per heavy atom. The first-order valence-corrected chi connectivity index (χ1v) is 8.18. The van der Waals surface area contributed by atoms with Crippen molar-refractivity contribution in [1.82, 2.24) is 0 Å². The van der Waals surface area contributed by atoms with Gasteiger partial charge >= 0.3 is 0 Å². The van der Waals surface area contributed by atoms with E-state index < -0.39 is 0 Å². The molecule has 0 bridgehead atoms. The zero-order valence-electron chi connectivity index (χ0n) is 11.3. The van der Waals surface area contributed by atoms with E-state index in [1.54, 1.807) is 11.3 Å². The van der Waals surface area contributed by atoms with Crippen LogP contribution in [0.25, 0.3) is 0 Å². The SMILES string of the molecule is CCC(N)C(Oc1ccccc1CO)c1cc(Br)cs1. The Morgan fingerprint density at radius 2 is 2.15 bits per heavy atom. The molecule has 1 aromatic heterocycles. The maximum absolute atomic E-state index is 9.39. The second-order valence-corrected chi connectivity index (χ2v) is 6.40. The van der Waals surface area contributed by atoms with Crippen LogP contribution in [0.1, 0.15) is 29.9 Å². The van der Waals surface area contributed by atoms with Crippen molar-refractivity contribution in [1.29, 1.82) is 0 Å². The molecule has 2 unspecified atom stereocenters. The van der Waals surface area contributed by atoms with Crippen molar-refractivity contribution in [3.63, 3.8) is 0 Å². The minimum atomic E-state index is -0.205. The maximum atomic E-state index is 9.39.